The van der Waals surface area contributed by atoms with Crippen molar-refractivity contribution < 1.29 is 4.79 Å². The Morgan fingerprint density at radius 2 is 2.09 bits per heavy atom. The summed E-state index contributed by atoms with van der Waals surface area (Å²) in [6.45, 7) is 9.57. The molecule has 0 radical (unpaired) electrons. The van der Waals surface area contributed by atoms with Gasteiger partial charge in [0.15, 0.2) is 0 Å². The van der Waals surface area contributed by atoms with E-state index in [9.17, 15) is 4.79 Å². The number of terminal acetylenes is 1. The Labute approximate surface area is 208 Å². The van der Waals surface area contributed by atoms with Crippen LogP contribution in [0.3, 0.4) is 0 Å². The summed E-state index contributed by atoms with van der Waals surface area (Å²) < 4.78 is 0. The highest BCUT2D eigenvalue weighted by Gasteiger charge is 2.17. The van der Waals surface area contributed by atoms with E-state index in [2.05, 4.69) is 55.4 Å². The lowest BCUT2D eigenvalue weighted by Crippen LogP contribution is -2.17. The zero-order valence-electron chi connectivity index (χ0n) is 19.7. The number of H-pyrrole nitrogens is 1. The summed E-state index contributed by atoms with van der Waals surface area (Å²) in [5.74, 6) is -0.306. The van der Waals surface area contributed by atoms with Crippen LogP contribution in [0.4, 0.5) is 11.4 Å². The van der Waals surface area contributed by atoms with Gasteiger partial charge in [0.25, 0.3) is 5.91 Å². The highest BCUT2D eigenvalue weighted by atomic mass is 32.1. The van der Waals surface area contributed by atoms with Crippen LogP contribution in [0.1, 0.15) is 33.7 Å². The van der Waals surface area contributed by atoms with Crippen molar-refractivity contribution in [2.24, 2.45) is 0 Å². The molecular formula is C26H27N7OS. The standard InChI is InChI=1S/C26H27N7OS/c1-5-28-32-21-13-22(20(11-17(21)3)19-7-6-10-27-14-16(2)8-9-19)29-25(34)24-15-35-26(30-24)23-12-18(4)31-33-23/h1,7-9,11-13,15,27-28,32H,2,6,10,14H2,3-4H3,(H,29,34)(H,31,33)/b9-8-,19-7+. The zero-order valence-corrected chi connectivity index (χ0v) is 20.5. The maximum atomic E-state index is 13.2. The number of rotatable bonds is 6. The van der Waals surface area contributed by atoms with Crippen molar-refractivity contribution in [3.63, 3.8) is 0 Å². The van der Waals surface area contributed by atoms with Crippen LogP contribution >= 0.6 is 11.3 Å². The third kappa shape index (κ3) is 5.87. The number of nitrogens with one attached hydrogen (secondary N) is 5. The first-order chi connectivity index (χ1) is 16.9. The number of hydrogen-bond donors (Lipinski definition) is 5. The first-order valence-corrected chi connectivity index (χ1v) is 12.0. The van der Waals surface area contributed by atoms with Crippen molar-refractivity contribution >= 4 is 34.2 Å². The molecule has 0 saturated heterocycles. The Kier molecular flexibility index (Phi) is 7.45. The Bertz CT molecular complexity index is 1360. The van der Waals surface area contributed by atoms with E-state index >= 15 is 0 Å². The number of carbonyl (C=O) groups excluding carboxylic acids is 1. The lowest BCUT2D eigenvalue weighted by Gasteiger charge is -2.17. The van der Waals surface area contributed by atoms with Gasteiger partial charge in [0.05, 0.1) is 11.4 Å². The van der Waals surface area contributed by atoms with Gasteiger partial charge in [-0.05, 0) is 61.7 Å². The normalized spacial score (nSPS) is 16.1. The molecule has 1 amide bonds. The van der Waals surface area contributed by atoms with Gasteiger partial charge < -0.3 is 10.6 Å². The second-order valence-electron chi connectivity index (χ2n) is 8.15. The second-order valence-corrected chi connectivity index (χ2v) is 9.01. The fourth-order valence-electron chi connectivity index (χ4n) is 3.61. The topological polar surface area (TPSA) is 107 Å². The van der Waals surface area contributed by atoms with Gasteiger partial charge >= 0.3 is 0 Å². The van der Waals surface area contributed by atoms with Crippen molar-refractivity contribution in [2.45, 2.75) is 20.3 Å². The molecule has 1 aliphatic heterocycles. The minimum atomic E-state index is -0.306. The fourth-order valence-corrected chi connectivity index (χ4v) is 4.37. The number of benzene rings is 1. The number of nitrogens with zero attached hydrogens (tertiary/aromatic N) is 2. The van der Waals surface area contributed by atoms with E-state index in [1.807, 2.05) is 44.2 Å². The van der Waals surface area contributed by atoms with Crippen molar-refractivity contribution in [1.29, 1.82) is 0 Å². The SMILES string of the molecule is C#CNNc1cc(NC(=O)c2csc(-c3cc(C)[nH]n3)n2)c(C2=C/CCNCC(=C)/C=C\2)cc1C. The monoisotopic (exact) mass is 485 g/mol. The molecule has 9 heteroatoms. The van der Waals surface area contributed by atoms with Gasteiger partial charge in [-0.3, -0.25) is 20.7 Å². The average molecular weight is 486 g/mol. The molecule has 0 saturated carbocycles. The molecule has 5 N–H and O–H groups in total. The summed E-state index contributed by atoms with van der Waals surface area (Å²) in [7, 11) is 0. The Morgan fingerprint density at radius 3 is 2.86 bits per heavy atom. The van der Waals surface area contributed by atoms with Crippen molar-refractivity contribution in [2.75, 3.05) is 23.8 Å². The average Bonchev–Trinajstić information content (AvgIpc) is 3.51. The molecule has 3 aromatic rings. The lowest BCUT2D eigenvalue weighted by atomic mass is 9.98. The minimum absolute atomic E-state index is 0.306. The fraction of sp³-hybridized carbons (Fsp3) is 0.192. The molecule has 35 heavy (non-hydrogen) atoms. The van der Waals surface area contributed by atoms with Crippen LogP contribution in [0.25, 0.3) is 16.3 Å². The van der Waals surface area contributed by atoms with Gasteiger partial charge in [-0.2, -0.15) is 5.10 Å². The van der Waals surface area contributed by atoms with Gasteiger partial charge in [-0.15, -0.1) is 11.3 Å². The van der Waals surface area contributed by atoms with Crippen molar-refractivity contribution in [1.82, 2.24) is 25.9 Å². The number of aromatic nitrogens is 3. The third-order valence-corrected chi connectivity index (χ3v) is 6.26. The van der Waals surface area contributed by atoms with Crippen LogP contribution in [-0.2, 0) is 0 Å². The largest absolute Gasteiger partial charge is 0.320 e. The Morgan fingerprint density at radius 1 is 1.23 bits per heavy atom. The van der Waals surface area contributed by atoms with E-state index in [1.54, 1.807) is 5.38 Å². The molecular weight excluding hydrogens is 458 g/mol. The Hall–Kier alpha value is -4.13. The van der Waals surface area contributed by atoms with E-state index in [-0.39, 0.29) is 5.91 Å². The van der Waals surface area contributed by atoms with Gasteiger partial charge in [-0.25, -0.2) is 4.98 Å². The molecule has 1 aromatic carbocycles. The number of amides is 1. The molecule has 0 aliphatic carbocycles. The molecule has 0 spiro atoms. The van der Waals surface area contributed by atoms with Crippen molar-refractivity contribution in [3.05, 3.63) is 76.5 Å². The van der Waals surface area contributed by atoms with Gasteiger partial charge in [0, 0.05) is 29.2 Å². The molecule has 1 aliphatic rings. The second kappa shape index (κ2) is 10.9. The minimum Gasteiger partial charge on any atom is -0.320 e. The molecule has 0 fully saturated rings. The summed E-state index contributed by atoms with van der Waals surface area (Å²) in [6, 6.07) is 8.14. The van der Waals surface area contributed by atoms with Gasteiger partial charge in [-0.1, -0.05) is 31.2 Å². The molecule has 3 heterocycles. The number of allylic oxidation sites excluding steroid dienone is 2. The highest BCUT2D eigenvalue weighted by molar-refractivity contribution is 7.13. The molecule has 178 valence electrons. The number of aromatic amines is 1. The summed E-state index contributed by atoms with van der Waals surface area (Å²) in [6.07, 6.45) is 12.4. The molecule has 4 rings (SSSR count). The summed E-state index contributed by atoms with van der Waals surface area (Å²) in [5.41, 5.74) is 12.9. The van der Waals surface area contributed by atoms with E-state index in [1.165, 1.54) is 11.3 Å². The molecule has 0 atom stereocenters. The van der Waals surface area contributed by atoms with Crippen LogP contribution in [0.15, 0.2) is 54.0 Å². The molecule has 0 bridgehead atoms. The Balaban J connectivity index is 1.69. The maximum absolute atomic E-state index is 13.2. The number of hydrazine groups is 1. The molecule has 2 aromatic heterocycles. The van der Waals surface area contributed by atoms with Crippen LogP contribution in [0.5, 0.6) is 0 Å². The van der Waals surface area contributed by atoms with Crippen LogP contribution in [0, 0.1) is 26.3 Å². The van der Waals surface area contributed by atoms with Crippen LogP contribution in [0.2, 0.25) is 0 Å². The number of anilines is 2. The summed E-state index contributed by atoms with van der Waals surface area (Å²) >= 11 is 1.37. The molecule has 0 unspecified atom stereocenters. The number of carbonyl (C=O) groups is 1. The number of aryl methyl sites for hydroxylation is 2. The smallest absolute Gasteiger partial charge is 0.275 e. The quantitative estimate of drug-likeness (QED) is 0.201. The van der Waals surface area contributed by atoms with Gasteiger partial charge in [0.2, 0.25) is 0 Å². The predicted molar refractivity (Wildman–Crippen MR) is 143 cm³/mol. The van der Waals surface area contributed by atoms with E-state index in [0.29, 0.717) is 22.1 Å². The van der Waals surface area contributed by atoms with E-state index in [0.717, 1.165) is 53.2 Å². The predicted octanol–water partition coefficient (Wildman–Crippen LogP) is 4.40. The first-order valence-electron chi connectivity index (χ1n) is 11.1. The zero-order chi connectivity index (χ0) is 24.8. The molecule has 8 nitrogen and oxygen atoms in total. The lowest BCUT2D eigenvalue weighted by molar-refractivity contribution is 0.102. The first kappa shape index (κ1) is 24.0. The van der Waals surface area contributed by atoms with Gasteiger partial charge in [0.1, 0.15) is 16.4 Å². The van der Waals surface area contributed by atoms with Crippen LogP contribution < -0.4 is 21.5 Å². The maximum Gasteiger partial charge on any atom is 0.275 e. The number of hydrogen-bond acceptors (Lipinski definition) is 7. The van der Waals surface area contributed by atoms with Crippen LogP contribution in [-0.4, -0.2) is 34.2 Å². The van der Waals surface area contributed by atoms with E-state index < -0.39 is 0 Å². The van der Waals surface area contributed by atoms with Crippen molar-refractivity contribution in [3.8, 4) is 23.2 Å². The number of thiazole rings is 1. The summed E-state index contributed by atoms with van der Waals surface area (Å²) in [5, 5.41) is 15.9. The highest BCUT2D eigenvalue weighted by Crippen LogP contribution is 2.32. The third-order valence-electron chi connectivity index (χ3n) is 5.39. The van der Waals surface area contributed by atoms with E-state index in [4.69, 9.17) is 6.42 Å². The summed E-state index contributed by atoms with van der Waals surface area (Å²) in [4.78, 5) is 17.7.